The number of aliphatic carboxylic acids is 1. The molecule has 1 aliphatic rings. The zero-order chi connectivity index (χ0) is 14.8. The van der Waals surface area contributed by atoms with Crippen LogP contribution in [0.1, 0.15) is 37.9 Å². The number of hydrogen-bond donors (Lipinski definition) is 1. The van der Waals surface area contributed by atoms with E-state index >= 15 is 0 Å². The lowest BCUT2D eigenvalue weighted by Gasteiger charge is -2.44. The number of carboxylic acids is 1. The molecule has 20 heavy (non-hydrogen) atoms. The molecule has 1 fully saturated rings. The van der Waals surface area contributed by atoms with Crippen LogP contribution in [0.3, 0.4) is 0 Å². The summed E-state index contributed by atoms with van der Waals surface area (Å²) in [6.45, 7) is 5.18. The van der Waals surface area contributed by atoms with Crippen LogP contribution in [0.4, 0.5) is 0 Å². The molecule has 1 aromatic heterocycles. The SMILES string of the molecule is CC1(C)CCCN(Cc2cccnc2C#N)C1C(=O)O. The Balaban J connectivity index is 2.27. The predicted octanol–water partition coefficient (Wildman–Crippen LogP) is 2.03. The molecule has 5 nitrogen and oxygen atoms in total. The fraction of sp³-hybridized carbons (Fsp3) is 0.533. The van der Waals surface area contributed by atoms with Crippen LogP contribution in [0.25, 0.3) is 0 Å². The average Bonchev–Trinajstić information content (AvgIpc) is 2.37. The lowest BCUT2D eigenvalue weighted by atomic mass is 9.76. The summed E-state index contributed by atoms with van der Waals surface area (Å²) < 4.78 is 0. The zero-order valence-corrected chi connectivity index (χ0v) is 11.8. The van der Waals surface area contributed by atoms with Crippen LogP contribution in [0.5, 0.6) is 0 Å². The van der Waals surface area contributed by atoms with E-state index < -0.39 is 12.0 Å². The van der Waals surface area contributed by atoms with Gasteiger partial charge in [0.15, 0.2) is 0 Å². The van der Waals surface area contributed by atoms with Gasteiger partial charge in [-0.25, -0.2) is 4.98 Å². The van der Waals surface area contributed by atoms with E-state index in [4.69, 9.17) is 5.26 Å². The molecular formula is C15H19N3O2. The highest BCUT2D eigenvalue weighted by atomic mass is 16.4. The Labute approximate surface area is 118 Å². The van der Waals surface area contributed by atoms with Crippen molar-refractivity contribution in [2.45, 2.75) is 39.3 Å². The van der Waals surface area contributed by atoms with Crippen LogP contribution in [0, 0.1) is 16.7 Å². The van der Waals surface area contributed by atoms with Crippen molar-refractivity contribution in [3.63, 3.8) is 0 Å². The summed E-state index contributed by atoms with van der Waals surface area (Å²) in [6.07, 6.45) is 3.45. The molecular weight excluding hydrogens is 254 g/mol. The van der Waals surface area contributed by atoms with Crippen molar-refractivity contribution in [2.75, 3.05) is 6.54 Å². The van der Waals surface area contributed by atoms with Gasteiger partial charge in [0.2, 0.25) is 0 Å². The number of aromatic nitrogens is 1. The van der Waals surface area contributed by atoms with Gasteiger partial charge >= 0.3 is 5.97 Å². The summed E-state index contributed by atoms with van der Waals surface area (Å²) in [5.74, 6) is -0.794. The second kappa shape index (κ2) is 5.59. The first kappa shape index (κ1) is 14.5. The van der Waals surface area contributed by atoms with Gasteiger partial charge in [-0.3, -0.25) is 9.69 Å². The number of nitriles is 1. The Morgan fingerprint density at radius 2 is 2.40 bits per heavy atom. The highest BCUT2D eigenvalue weighted by Gasteiger charge is 2.42. The Kier molecular flexibility index (Phi) is 4.05. The van der Waals surface area contributed by atoms with E-state index in [0.29, 0.717) is 12.2 Å². The van der Waals surface area contributed by atoms with Crippen LogP contribution in [-0.4, -0.2) is 33.5 Å². The van der Waals surface area contributed by atoms with Crippen LogP contribution in [-0.2, 0) is 11.3 Å². The van der Waals surface area contributed by atoms with Crippen molar-refractivity contribution in [1.82, 2.24) is 9.88 Å². The molecule has 1 aliphatic heterocycles. The summed E-state index contributed by atoms with van der Waals surface area (Å²) in [6, 6.07) is 5.16. The van der Waals surface area contributed by atoms with Crippen molar-refractivity contribution in [3.8, 4) is 6.07 Å². The van der Waals surface area contributed by atoms with Gasteiger partial charge in [0.25, 0.3) is 0 Å². The van der Waals surface area contributed by atoms with Crippen LogP contribution in [0.15, 0.2) is 18.3 Å². The minimum absolute atomic E-state index is 0.265. The molecule has 0 radical (unpaired) electrons. The Morgan fingerprint density at radius 1 is 1.65 bits per heavy atom. The molecule has 2 heterocycles. The second-order valence-corrected chi connectivity index (χ2v) is 5.93. The summed E-state index contributed by atoms with van der Waals surface area (Å²) in [4.78, 5) is 17.6. The second-order valence-electron chi connectivity index (χ2n) is 5.93. The summed E-state index contributed by atoms with van der Waals surface area (Å²) in [5, 5.41) is 18.6. The first-order valence-corrected chi connectivity index (χ1v) is 6.76. The lowest BCUT2D eigenvalue weighted by molar-refractivity contribution is -0.151. The number of carbonyl (C=O) groups is 1. The van der Waals surface area contributed by atoms with Crippen LogP contribution < -0.4 is 0 Å². The fourth-order valence-corrected chi connectivity index (χ4v) is 3.04. The molecule has 0 bridgehead atoms. The third-order valence-corrected chi connectivity index (χ3v) is 3.98. The molecule has 0 saturated carbocycles. The minimum Gasteiger partial charge on any atom is -0.480 e. The van der Waals surface area contributed by atoms with Crippen molar-refractivity contribution in [2.24, 2.45) is 5.41 Å². The number of carboxylic acid groups (broad SMARTS) is 1. The topological polar surface area (TPSA) is 77.2 Å². The molecule has 2 rings (SSSR count). The summed E-state index contributed by atoms with van der Waals surface area (Å²) in [7, 11) is 0. The first-order chi connectivity index (χ1) is 9.45. The molecule has 0 aliphatic carbocycles. The van der Waals surface area contributed by atoms with Gasteiger partial charge in [-0.2, -0.15) is 5.26 Å². The molecule has 1 N–H and O–H groups in total. The number of piperidine rings is 1. The van der Waals surface area contributed by atoms with Gasteiger partial charge in [-0.15, -0.1) is 0 Å². The lowest BCUT2D eigenvalue weighted by Crippen LogP contribution is -2.53. The van der Waals surface area contributed by atoms with Crippen LogP contribution >= 0.6 is 0 Å². The Morgan fingerprint density at radius 3 is 3.05 bits per heavy atom. The van der Waals surface area contributed by atoms with Gasteiger partial charge < -0.3 is 5.11 Å². The van der Waals surface area contributed by atoms with E-state index in [2.05, 4.69) is 11.1 Å². The number of rotatable bonds is 3. The molecule has 0 aromatic carbocycles. The van der Waals surface area contributed by atoms with Gasteiger partial charge in [-0.1, -0.05) is 19.9 Å². The van der Waals surface area contributed by atoms with E-state index in [1.54, 1.807) is 12.3 Å². The maximum Gasteiger partial charge on any atom is 0.321 e. The average molecular weight is 273 g/mol. The fourth-order valence-electron chi connectivity index (χ4n) is 3.04. The van der Waals surface area contributed by atoms with Gasteiger partial charge in [0, 0.05) is 18.3 Å². The molecule has 0 spiro atoms. The van der Waals surface area contributed by atoms with E-state index in [0.717, 1.165) is 24.9 Å². The molecule has 1 atom stereocenters. The highest BCUT2D eigenvalue weighted by molar-refractivity contribution is 5.74. The maximum atomic E-state index is 11.6. The summed E-state index contributed by atoms with van der Waals surface area (Å²) >= 11 is 0. The highest BCUT2D eigenvalue weighted by Crippen LogP contribution is 2.36. The Hall–Kier alpha value is -1.93. The zero-order valence-electron chi connectivity index (χ0n) is 11.8. The number of likely N-dealkylation sites (tertiary alicyclic amines) is 1. The largest absolute Gasteiger partial charge is 0.480 e. The Bertz CT molecular complexity index is 548. The van der Waals surface area contributed by atoms with Crippen molar-refractivity contribution in [3.05, 3.63) is 29.6 Å². The smallest absolute Gasteiger partial charge is 0.321 e. The van der Waals surface area contributed by atoms with Crippen LogP contribution in [0.2, 0.25) is 0 Å². The molecule has 5 heteroatoms. The molecule has 0 amide bonds. The van der Waals surface area contributed by atoms with Gasteiger partial charge in [0.05, 0.1) is 0 Å². The third kappa shape index (κ3) is 2.81. The molecule has 1 saturated heterocycles. The molecule has 106 valence electrons. The first-order valence-electron chi connectivity index (χ1n) is 6.76. The van der Waals surface area contributed by atoms with E-state index in [-0.39, 0.29) is 5.41 Å². The third-order valence-electron chi connectivity index (χ3n) is 3.98. The van der Waals surface area contributed by atoms with E-state index in [1.807, 2.05) is 24.8 Å². The molecule has 1 unspecified atom stereocenters. The predicted molar refractivity (Wildman–Crippen MR) is 73.8 cm³/mol. The maximum absolute atomic E-state index is 11.6. The number of pyridine rings is 1. The van der Waals surface area contributed by atoms with E-state index in [9.17, 15) is 9.90 Å². The quantitative estimate of drug-likeness (QED) is 0.911. The number of hydrogen-bond acceptors (Lipinski definition) is 4. The van der Waals surface area contributed by atoms with Gasteiger partial charge in [0.1, 0.15) is 17.8 Å². The van der Waals surface area contributed by atoms with Gasteiger partial charge in [-0.05, 0) is 30.9 Å². The van der Waals surface area contributed by atoms with Crippen molar-refractivity contribution < 1.29 is 9.90 Å². The summed E-state index contributed by atoms with van der Waals surface area (Å²) in [5.41, 5.74) is 0.901. The van der Waals surface area contributed by atoms with Crippen molar-refractivity contribution >= 4 is 5.97 Å². The van der Waals surface area contributed by atoms with Crippen molar-refractivity contribution in [1.29, 1.82) is 5.26 Å². The minimum atomic E-state index is -0.794. The normalized spacial score (nSPS) is 22.1. The standard InChI is InChI=1S/C15H19N3O2/c1-15(2)6-4-8-18(13(15)14(19)20)10-11-5-3-7-17-12(11)9-16/h3,5,7,13H,4,6,8,10H2,1-2H3,(H,19,20). The van der Waals surface area contributed by atoms with E-state index in [1.165, 1.54) is 0 Å². The molecule has 1 aromatic rings. The monoisotopic (exact) mass is 273 g/mol. The number of nitrogens with zero attached hydrogens (tertiary/aromatic N) is 3.